The number of esters is 4. The van der Waals surface area contributed by atoms with Crippen LogP contribution in [0.4, 0.5) is 11.4 Å². The highest BCUT2D eigenvalue weighted by atomic mass is 16.6. The number of morpholine rings is 2. The summed E-state index contributed by atoms with van der Waals surface area (Å²) < 4.78 is 35.4. The number of hydrogen-bond donors (Lipinski definition) is 0. The summed E-state index contributed by atoms with van der Waals surface area (Å²) in [7, 11) is 5.63. The van der Waals surface area contributed by atoms with E-state index in [2.05, 4.69) is 9.80 Å². The van der Waals surface area contributed by atoms with E-state index in [4.69, 9.17) is 28.4 Å². The number of hydrogen-bond acceptors (Lipinski definition) is 16. The second-order valence-electron chi connectivity index (χ2n) is 23.7. The molecule has 5 rings (SSSR count). The third-order valence-corrected chi connectivity index (χ3v) is 15.3. The van der Waals surface area contributed by atoms with Crippen LogP contribution in [-0.2, 0) is 79.6 Å². The number of carbonyl (C=O) groups excluding carboxylic acids is 8. The zero-order valence-corrected chi connectivity index (χ0v) is 50.6. The van der Waals surface area contributed by atoms with Gasteiger partial charge in [0.05, 0.1) is 26.4 Å². The van der Waals surface area contributed by atoms with Gasteiger partial charge in [0.2, 0.25) is 0 Å². The Bertz CT molecular complexity index is 2410. The van der Waals surface area contributed by atoms with Crippen LogP contribution >= 0.6 is 0 Å². The predicted octanol–water partition coefficient (Wildman–Crippen LogP) is 5.73. The first-order valence-corrected chi connectivity index (χ1v) is 29.0. The summed E-state index contributed by atoms with van der Waals surface area (Å²) in [6.07, 6.45) is -5.32. The van der Waals surface area contributed by atoms with Gasteiger partial charge in [-0.05, 0) is 105 Å². The fourth-order valence-electron chi connectivity index (χ4n) is 10.3. The summed E-state index contributed by atoms with van der Waals surface area (Å²) in [5, 5.41) is 0. The molecule has 2 aromatic carbocycles. The summed E-state index contributed by atoms with van der Waals surface area (Å²) in [5.41, 5.74) is 3.18. The molecule has 0 radical (unpaired) electrons. The Hall–Kier alpha value is -6.28. The molecule has 3 aliphatic heterocycles. The molecule has 4 amide bonds. The van der Waals surface area contributed by atoms with Gasteiger partial charge >= 0.3 is 23.9 Å². The van der Waals surface area contributed by atoms with Crippen LogP contribution in [0.3, 0.4) is 0 Å². The zero-order valence-electron chi connectivity index (χ0n) is 50.6. The molecule has 3 aliphatic rings. The molecule has 2 aromatic rings. The number of likely N-dealkylation sites (N-methyl/N-ethyl adjacent to an activating group) is 4. The van der Waals surface area contributed by atoms with Crippen molar-refractivity contribution in [1.82, 2.24) is 19.6 Å². The third-order valence-electron chi connectivity index (χ3n) is 15.3. The van der Waals surface area contributed by atoms with Crippen molar-refractivity contribution < 1.29 is 66.8 Å². The van der Waals surface area contributed by atoms with E-state index in [0.717, 1.165) is 21.2 Å². The van der Waals surface area contributed by atoms with E-state index in [0.29, 0.717) is 70.2 Å². The van der Waals surface area contributed by atoms with Crippen molar-refractivity contribution in [2.24, 2.45) is 23.7 Å². The van der Waals surface area contributed by atoms with Gasteiger partial charge in [-0.1, -0.05) is 79.7 Å². The molecule has 20 nitrogen and oxygen atoms in total. The molecule has 0 spiro atoms. The van der Waals surface area contributed by atoms with Crippen molar-refractivity contribution >= 4 is 58.9 Å². The molecule has 20 heteroatoms. The average molecular weight is 1130 g/mol. The third kappa shape index (κ3) is 18.6. The van der Waals surface area contributed by atoms with E-state index in [1.165, 1.54) is 51.8 Å². The molecule has 8 atom stereocenters. The second kappa shape index (κ2) is 30.7. The maximum absolute atomic E-state index is 15.0. The molecule has 0 N–H and O–H groups in total. The van der Waals surface area contributed by atoms with Gasteiger partial charge < -0.3 is 57.8 Å². The fraction of sp³-hybridized carbons (Fsp3) is 0.672. The summed E-state index contributed by atoms with van der Waals surface area (Å²) in [4.78, 5) is 127. The highest BCUT2D eigenvalue weighted by Gasteiger charge is 2.43. The van der Waals surface area contributed by atoms with Crippen molar-refractivity contribution in [3.63, 3.8) is 0 Å². The minimum Gasteiger partial charge on any atom is -0.451 e. The van der Waals surface area contributed by atoms with E-state index in [-0.39, 0.29) is 62.2 Å². The number of benzene rings is 2. The van der Waals surface area contributed by atoms with Crippen LogP contribution in [-0.4, -0.2) is 196 Å². The Balaban J connectivity index is 1.59. The minimum atomic E-state index is -1.51. The molecular formula is C61H92N6O14. The maximum Gasteiger partial charge on any atom is 0.329 e. The molecule has 3 saturated heterocycles. The van der Waals surface area contributed by atoms with Crippen molar-refractivity contribution in [2.75, 3.05) is 90.6 Å². The normalized spacial score (nSPS) is 25.4. The topological polar surface area (TPSA) is 211 Å². The maximum atomic E-state index is 15.0. The number of rotatable bonds is 15. The lowest BCUT2D eigenvalue weighted by molar-refractivity contribution is -0.176. The molecule has 3 fully saturated rings. The lowest BCUT2D eigenvalue weighted by atomic mass is 10.00. The van der Waals surface area contributed by atoms with E-state index >= 15 is 9.59 Å². The average Bonchev–Trinajstić information content (AvgIpc) is 3.43. The van der Waals surface area contributed by atoms with Gasteiger partial charge in [-0.2, -0.15) is 0 Å². The van der Waals surface area contributed by atoms with E-state index in [1.54, 1.807) is 0 Å². The summed E-state index contributed by atoms with van der Waals surface area (Å²) in [5.74, 6) is -7.00. The number of ether oxygens (including phenoxy) is 6. The van der Waals surface area contributed by atoms with Gasteiger partial charge in [0.1, 0.15) is 24.2 Å². The first-order chi connectivity index (χ1) is 38.3. The van der Waals surface area contributed by atoms with Gasteiger partial charge in [-0.25, -0.2) is 19.2 Å². The smallest absolute Gasteiger partial charge is 0.329 e. The standard InChI is InChI=1S/C61H92N6O14/c1-38(2)15-24-48-58(72)80-52(36-44-16-20-46(21-17-44)66-25-29-76-30-26-66)56(70)64(13)50(34-40(5)6)60(74)79-43(10)55(69)63(12)51(35-41(7)8)61(75)81-53(37-45-18-22-47(23-19-45)67-27-31-77-32-28-67)57(71)65(14)49(33-39(3)4)59(73)78-42(9)54(68)62(48)11/h16-23,38-43,48-53H,15,24-37H2,1-14H3. The summed E-state index contributed by atoms with van der Waals surface area (Å²) in [6.45, 7) is 23.0. The monoisotopic (exact) mass is 1130 g/mol. The quantitative estimate of drug-likeness (QED) is 0.154. The first kappa shape index (κ1) is 65.5. The molecule has 0 aliphatic carbocycles. The molecular weight excluding hydrogens is 1040 g/mol. The molecule has 8 unspecified atom stereocenters. The lowest BCUT2D eigenvalue weighted by Gasteiger charge is -2.35. The van der Waals surface area contributed by atoms with Gasteiger partial charge in [-0.15, -0.1) is 0 Å². The molecule has 450 valence electrons. The summed E-state index contributed by atoms with van der Waals surface area (Å²) in [6, 6.07) is 9.96. The number of cyclic esters (lactones) is 4. The van der Waals surface area contributed by atoms with Gasteiger partial charge in [0.25, 0.3) is 23.6 Å². The molecule has 0 aromatic heterocycles. The zero-order chi connectivity index (χ0) is 59.8. The van der Waals surface area contributed by atoms with Crippen LogP contribution in [0.25, 0.3) is 0 Å². The Labute approximate surface area is 480 Å². The van der Waals surface area contributed by atoms with Crippen LogP contribution in [0.2, 0.25) is 0 Å². The van der Waals surface area contributed by atoms with Crippen molar-refractivity contribution in [3.05, 3.63) is 59.7 Å². The van der Waals surface area contributed by atoms with Crippen LogP contribution in [0.1, 0.15) is 112 Å². The summed E-state index contributed by atoms with van der Waals surface area (Å²) >= 11 is 0. The number of amides is 4. The molecule has 0 saturated carbocycles. The Morgan fingerprint density at radius 3 is 1.02 bits per heavy atom. The first-order valence-electron chi connectivity index (χ1n) is 29.0. The fourth-order valence-corrected chi connectivity index (χ4v) is 10.3. The predicted molar refractivity (Wildman–Crippen MR) is 306 cm³/mol. The number of nitrogens with zero attached hydrogens (tertiary/aromatic N) is 6. The molecule has 0 bridgehead atoms. The highest BCUT2D eigenvalue weighted by Crippen LogP contribution is 2.26. The van der Waals surface area contributed by atoms with E-state index in [1.807, 2.05) is 104 Å². The van der Waals surface area contributed by atoms with Gasteiger partial charge in [0.15, 0.2) is 24.4 Å². The van der Waals surface area contributed by atoms with Crippen LogP contribution in [0, 0.1) is 23.7 Å². The largest absolute Gasteiger partial charge is 0.451 e. The van der Waals surface area contributed by atoms with Gasteiger partial charge in [0, 0.05) is 78.6 Å². The molecule has 81 heavy (non-hydrogen) atoms. The lowest BCUT2D eigenvalue weighted by Crippen LogP contribution is -2.54. The Kier molecular flexibility index (Phi) is 24.8. The van der Waals surface area contributed by atoms with Crippen molar-refractivity contribution in [3.8, 4) is 0 Å². The van der Waals surface area contributed by atoms with Gasteiger partial charge in [-0.3, -0.25) is 19.2 Å². The number of anilines is 2. The van der Waals surface area contributed by atoms with Crippen molar-refractivity contribution in [2.45, 2.75) is 163 Å². The van der Waals surface area contributed by atoms with E-state index < -0.39 is 96.1 Å². The van der Waals surface area contributed by atoms with Crippen LogP contribution in [0.15, 0.2) is 48.5 Å². The Morgan fingerprint density at radius 1 is 0.407 bits per heavy atom. The number of carbonyl (C=O) groups is 8. The second-order valence-corrected chi connectivity index (χ2v) is 23.7. The molecule has 3 heterocycles. The van der Waals surface area contributed by atoms with Crippen LogP contribution in [0.5, 0.6) is 0 Å². The SMILES string of the molecule is CC(C)CCC1C(=O)OC(Cc2ccc(N3CCOCC3)cc2)C(=O)N(C)C(CC(C)C)C(=O)OC(C)C(=O)N(C)C(CC(C)C)C(=O)OC(Cc2ccc(N3CCOCC3)cc2)C(=O)N(C)C(CC(C)C)C(=O)OC(C)C(=O)N1C. The van der Waals surface area contributed by atoms with Crippen molar-refractivity contribution in [1.29, 1.82) is 0 Å². The van der Waals surface area contributed by atoms with E-state index in [9.17, 15) is 28.8 Å². The van der Waals surface area contributed by atoms with Crippen LogP contribution < -0.4 is 9.80 Å². The Morgan fingerprint density at radius 2 is 0.704 bits per heavy atom. The highest BCUT2D eigenvalue weighted by molar-refractivity contribution is 5.94. The minimum absolute atomic E-state index is 0.0771.